The normalized spacial score (nSPS) is 12.7. The minimum Gasteiger partial charge on any atom is -0.356 e. The van der Waals surface area contributed by atoms with Gasteiger partial charge in [-0.2, -0.15) is 0 Å². The fraction of sp³-hybridized carbons (Fsp3) is 0.407. The van der Waals surface area contributed by atoms with Crippen molar-refractivity contribution in [3.63, 3.8) is 0 Å². The molecule has 0 aliphatic heterocycles. The summed E-state index contributed by atoms with van der Waals surface area (Å²) in [6.07, 6.45) is 37.7. The van der Waals surface area contributed by atoms with E-state index in [0.717, 1.165) is 57.1 Å². The molecule has 1 heterocycles. The Morgan fingerprint density at radius 1 is 0.839 bits per heavy atom. The second-order valence-electron chi connectivity index (χ2n) is 7.13. The monoisotopic (exact) mass is 421 g/mol. The van der Waals surface area contributed by atoms with Gasteiger partial charge in [-0.1, -0.05) is 79.8 Å². The van der Waals surface area contributed by atoms with Crippen molar-refractivity contribution in [1.82, 2.24) is 15.3 Å². The summed E-state index contributed by atoms with van der Waals surface area (Å²) in [6, 6.07) is 0. The second kappa shape index (κ2) is 20.4. The third-order valence-corrected chi connectivity index (χ3v) is 4.41. The first kappa shape index (κ1) is 26.2. The van der Waals surface area contributed by atoms with Crippen LogP contribution in [0.3, 0.4) is 0 Å². The highest BCUT2D eigenvalue weighted by Gasteiger charge is 1.99. The van der Waals surface area contributed by atoms with Gasteiger partial charge in [0.25, 0.3) is 0 Å². The van der Waals surface area contributed by atoms with Crippen LogP contribution in [0.25, 0.3) is 0 Å². The molecule has 0 bridgehead atoms. The number of allylic oxidation sites excluding steroid dienone is 12. The SMILES string of the molecule is CC/C=C\C/C=C\C/C=C\C/C=C\C/C=C\C/C=C\CCC(=O)NCCc1cnc[nH]1. The summed E-state index contributed by atoms with van der Waals surface area (Å²) in [5.41, 5.74) is 1.04. The molecule has 1 rings (SSSR count). The Balaban J connectivity index is 1.93. The number of carbonyl (C=O) groups excluding carboxylic acids is 1. The van der Waals surface area contributed by atoms with Crippen molar-refractivity contribution in [3.05, 3.63) is 91.1 Å². The Kier molecular flexibility index (Phi) is 17.2. The van der Waals surface area contributed by atoms with Crippen LogP contribution in [0, 0.1) is 0 Å². The Morgan fingerprint density at radius 2 is 1.35 bits per heavy atom. The van der Waals surface area contributed by atoms with Crippen LogP contribution in [0.5, 0.6) is 0 Å². The maximum absolute atomic E-state index is 11.8. The fourth-order valence-corrected chi connectivity index (χ4v) is 2.70. The molecule has 0 atom stereocenters. The van der Waals surface area contributed by atoms with Crippen molar-refractivity contribution in [2.45, 2.75) is 64.7 Å². The van der Waals surface area contributed by atoms with Gasteiger partial charge in [0.15, 0.2) is 0 Å². The van der Waals surface area contributed by atoms with Gasteiger partial charge in [0.1, 0.15) is 0 Å². The fourth-order valence-electron chi connectivity index (χ4n) is 2.70. The van der Waals surface area contributed by atoms with E-state index in [9.17, 15) is 4.79 Å². The molecular formula is C27H39N3O. The molecule has 0 radical (unpaired) electrons. The number of nitrogens with one attached hydrogen (secondary N) is 2. The van der Waals surface area contributed by atoms with Gasteiger partial charge in [0.2, 0.25) is 5.91 Å². The van der Waals surface area contributed by atoms with Crippen molar-refractivity contribution in [2.75, 3.05) is 6.54 Å². The van der Waals surface area contributed by atoms with E-state index in [1.54, 1.807) is 12.5 Å². The number of H-pyrrole nitrogens is 1. The molecule has 1 aromatic rings. The number of hydrogen-bond donors (Lipinski definition) is 2. The Morgan fingerprint density at radius 3 is 1.84 bits per heavy atom. The van der Waals surface area contributed by atoms with Gasteiger partial charge < -0.3 is 10.3 Å². The lowest BCUT2D eigenvalue weighted by atomic mass is 10.2. The van der Waals surface area contributed by atoms with E-state index in [1.165, 1.54) is 0 Å². The summed E-state index contributed by atoms with van der Waals surface area (Å²) in [5, 5.41) is 2.93. The zero-order valence-corrected chi connectivity index (χ0v) is 19.0. The Labute approximate surface area is 188 Å². The summed E-state index contributed by atoms with van der Waals surface area (Å²) in [6.45, 7) is 2.80. The first-order chi connectivity index (χ1) is 15.3. The summed E-state index contributed by atoms with van der Waals surface area (Å²) in [7, 11) is 0. The molecule has 31 heavy (non-hydrogen) atoms. The van der Waals surface area contributed by atoms with Gasteiger partial charge in [-0.3, -0.25) is 4.79 Å². The minimum atomic E-state index is 0.0963. The van der Waals surface area contributed by atoms with Crippen LogP contribution >= 0.6 is 0 Å². The number of rotatable bonds is 17. The van der Waals surface area contributed by atoms with E-state index in [1.807, 2.05) is 0 Å². The largest absolute Gasteiger partial charge is 0.356 e. The predicted octanol–water partition coefficient (Wildman–Crippen LogP) is 6.55. The van der Waals surface area contributed by atoms with Crippen LogP contribution in [0.4, 0.5) is 0 Å². The van der Waals surface area contributed by atoms with Crippen LogP contribution in [-0.2, 0) is 11.2 Å². The maximum Gasteiger partial charge on any atom is 0.220 e. The number of carbonyl (C=O) groups is 1. The molecule has 0 spiro atoms. The Hall–Kier alpha value is -2.88. The standard InChI is InChI=1S/C27H39N3O/c1-2-3-4-5-6-7-8-9-10-11-12-13-14-15-16-17-18-19-20-21-27(31)29-23-22-26-24-28-25-30-26/h3-4,6-7,9-10,12-13,15-16,18-19,24-25H,2,5,8,11,14,17,20-23H2,1H3,(H,28,30)(H,29,31)/b4-3-,7-6-,10-9-,13-12-,16-15-,19-18-. The Bertz CT molecular complexity index is 722. The third-order valence-electron chi connectivity index (χ3n) is 4.41. The van der Waals surface area contributed by atoms with Gasteiger partial charge in [-0.05, 0) is 44.9 Å². The molecule has 4 heteroatoms. The first-order valence-electron chi connectivity index (χ1n) is 11.5. The van der Waals surface area contributed by atoms with Crippen LogP contribution in [0.1, 0.15) is 64.0 Å². The molecule has 0 aliphatic carbocycles. The predicted molar refractivity (Wildman–Crippen MR) is 133 cm³/mol. The van der Waals surface area contributed by atoms with E-state index in [4.69, 9.17) is 0 Å². The molecule has 1 aromatic heterocycles. The molecule has 168 valence electrons. The highest BCUT2D eigenvalue weighted by atomic mass is 16.1. The van der Waals surface area contributed by atoms with Gasteiger partial charge in [-0.25, -0.2) is 4.98 Å². The van der Waals surface area contributed by atoms with E-state index < -0.39 is 0 Å². The van der Waals surface area contributed by atoms with Crippen molar-refractivity contribution in [2.24, 2.45) is 0 Å². The van der Waals surface area contributed by atoms with Crippen molar-refractivity contribution in [3.8, 4) is 0 Å². The summed E-state index contributed by atoms with van der Waals surface area (Å²) >= 11 is 0. The lowest BCUT2D eigenvalue weighted by molar-refractivity contribution is -0.120. The lowest BCUT2D eigenvalue weighted by Gasteiger charge is -2.02. The average molecular weight is 422 g/mol. The van der Waals surface area contributed by atoms with Crippen molar-refractivity contribution in [1.29, 1.82) is 0 Å². The molecule has 0 aliphatic rings. The summed E-state index contributed by atoms with van der Waals surface area (Å²) in [4.78, 5) is 18.7. The van der Waals surface area contributed by atoms with Crippen LogP contribution in [0.15, 0.2) is 85.4 Å². The van der Waals surface area contributed by atoms with E-state index >= 15 is 0 Å². The van der Waals surface area contributed by atoms with Gasteiger partial charge in [0.05, 0.1) is 6.33 Å². The lowest BCUT2D eigenvalue weighted by Crippen LogP contribution is -2.25. The van der Waals surface area contributed by atoms with E-state index in [0.29, 0.717) is 13.0 Å². The number of aromatic nitrogens is 2. The number of amides is 1. The molecule has 0 aromatic carbocycles. The topological polar surface area (TPSA) is 57.8 Å². The van der Waals surface area contributed by atoms with E-state index in [-0.39, 0.29) is 5.91 Å². The smallest absolute Gasteiger partial charge is 0.220 e. The number of hydrogen-bond acceptors (Lipinski definition) is 2. The van der Waals surface area contributed by atoms with Gasteiger partial charge in [0, 0.05) is 31.3 Å². The zero-order valence-electron chi connectivity index (χ0n) is 19.0. The second-order valence-corrected chi connectivity index (χ2v) is 7.13. The molecule has 1 amide bonds. The van der Waals surface area contributed by atoms with Crippen LogP contribution in [0.2, 0.25) is 0 Å². The van der Waals surface area contributed by atoms with Crippen LogP contribution in [-0.4, -0.2) is 22.4 Å². The van der Waals surface area contributed by atoms with Crippen LogP contribution < -0.4 is 5.32 Å². The molecule has 2 N–H and O–H groups in total. The number of nitrogens with zero attached hydrogens (tertiary/aromatic N) is 1. The summed E-state index contributed by atoms with van der Waals surface area (Å²) < 4.78 is 0. The highest BCUT2D eigenvalue weighted by Crippen LogP contribution is 1.98. The minimum absolute atomic E-state index is 0.0963. The van der Waals surface area contributed by atoms with E-state index in [2.05, 4.69) is 95.1 Å². The summed E-state index contributed by atoms with van der Waals surface area (Å²) in [5.74, 6) is 0.0963. The molecular weight excluding hydrogens is 382 g/mol. The molecule has 4 nitrogen and oxygen atoms in total. The third kappa shape index (κ3) is 17.7. The zero-order chi connectivity index (χ0) is 22.2. The maximum atomic E-state index is 11.8. The molecule has 0 saturated carbocycles. The first-order valence-corrected chi connectivity index (χ1v) is 11.5. The van der Waals surface area contributed by atoms with Gasteiger partial charge >= 0.3 is 0 Å². The van der Waals surface area contributed by atoms with Crippen molar-refractivity contribution >= 4 is 5.91 Å². The molecule has 0 fully saturated rings. The molecule has 0 unspecified atom stereocenters. The van der Waals surface area contributed by atoms with Gasteiger partial charge in [-0.15, -0.1) is 0 Å². The quantitative estimate of drug-likeness (QED) is 0.280. The van der Waals surface area contributed by atoms with Crippen molar-refractivity contribution < 1.29 is 4.79 Å². The average Bonchev–Trinajstić information content (AvgIpc) is 3.29. The number of aromatic amines is 1. The number of imidazole rings is 1. The molecule has 0 saturated heterocycles. The highest BCUT2D eigenvalue weighted by molar-refractivity contribution is 5.75.